The minimum absolute atomic E-state index is 0.325. The van der Waals surface area contributed by atoms with Gasteiger partial charge in [-0.15, -0.1) is 0 Å². The molecule has 2 saturated heterocycles. The molecule has 94 valence electrons. The summed E-state index contributed by atoms with van der Waals surface area (Å²) in [7, 11) is 0. The fourth-order valence-electron chi connectivity index (χ4n) is 3.16. The summed E-state index contributed by atoms with van der Waals surface area (Å²) in [5.74, 6) is 0. The lowest BCUT2D eigenvalue weighted by molar-refractivity contribution is 0.0907. The molecule has 0 amide bonds. The zero-order chi connectivity index (χ0) is 11.4. The highest BCUT2D eigenvalue weighted by Gasteiger charge is 2.25. The molecule has 0 unspecified atom stereocenters. The Morgan fingerprint density at radius 2 is 1.69 bits per heavy atom. The summed E-state index contributed by atoms with van der Waals surface area (Å²) in [6.07, 6.45) is 6.99. The van der Waals surface area contributed by atoms with Crippen molar-refractivity contribution in [3.8, 4) is 0 Å². The normalized spacial score (nSPS) is 28.1. The summed E-state index contributed by atoms with van der Waals surface area (Å²) < 4.78 is 0. The van der Waals surface area contributed by atoms with Crippen molar-refractivity contribution in [2.45, 2.75) is 51.1 Å². The van der Waals surface area contributed by atoms with Crippen molar-refractivity contribution < 1.29 is 0 Å². The van der Waals surface area contributed by atoms with Gasteiger partial charge in [-0.1, -0.05) is 6.42 Å². The van der Waals surface area contributed by atoms with E-state index < -0.39 is 0 Å². The zero-order valence-corrected chi connectivity index (χ0v) is 10.7. The van der Waals surface area contributed by atoms with Crippen molar-refractivity contribution in [3.63, 3.8) is 0 Å². The van der Waals surface area contributed by atoms with Crippen LogP contribution in [0.3, 0.4) is 0 Å². The van der Waals surface area contributed by atoms with Crippen LogP contribution in [0.1, 0.15) is 39.0 Å². The average molecular weight is 225 g/mol. The third-order valence-electron chi connectivity index (χ3n) is 4.01. The molecule has 0 aromatic heterocycles. The highest BCUT2D eigenvalue weighted by Crippen LogP contribution is 2.20. The van der Waals surface area contributed by atoms with E-state index in [9.17, 15) is 0 Å². The van der Waals surface area contributed by atoms with Crippen LogP contribution in [0, 0.1) is 0 Å². The third kappa shape index (κ3) is 3.44. The molecular formula is C13H27N3. The molecule has 2 aliphatic heterocycles. The average Bonchev–Trinajstić information content (AvgIpc) is 2.30. The molecule has 0 aliphatic carbocycles. The number of rotatable bonds is 3. The first-order valence-electron chi connectivity index (χ1n) is 6.97. The fourth-order valence-corrected chi connectivity index (χ4v) is 3.16. The quantitative estimate of drug-likeness (QED) is 0.785. The standard InChI is InChI=1S/C13H27N3/c1-12(14)11-15-9-5-13(6-10-15)16-7-3-2-4-8-16/h12-13H,2-11,14H2,1H3/t12-/m0/s1. The first-order valence-corrected chi connectivity index (χ1v) is 6.97. The van der Waals surface area contributed by atoms with Gasteiger partial charge in [-0.25, -0.2) is 0 Å². The van der Waals surface area contributed by atoms with Crippen molar-refractivity contribution in [3.05, 3.63) is 0 Å². The molecule has 0 spiro atoms. The molecule has 0 bridgehead atoms. The minimum Gasteiger partial charge on any atom is -0.327 e. The van der Waals surface area contributed by atoms with Crippen LogP contribution in [0.15, 0.2) is 0 Å². The maximum atomic E-state index is 5.85. The van der Waals surface area contributed by atoms with Crippen LogP contribution >= 0.6 is 0 Å². The van der Waals surface area contributed by atoms with Gasteiger partial charge in [0.1, 0.15) is 0 Å². The Balaban J connectivity index is 1.71. The Bertz CT molecular complexity index is 191. The number of hydrogen-bond acceptors (Lipinski definition) is 3. The predicted octanol–water partition coefficient (Wildman–Crippen LogP) is 1.28. The summed E-state index contributed by atoms with van der Waals surface area (Å²) in [5, 5.41) is 0. The molecule has 2 heterocycles. The highest BCUT2D eigenvalue weighted by atomic mass is 15.2. The van der Waals surface area contributed by atoms with E-state index in [1.54, 1.807) is 0 Å². The van der Waals surface area contributed by atoms with Crippen LogP contribution in [0.25, 0.3) is 0 Å². The van der Waals surface area contributed by atoms with Crippen molar-refractivity contribution in [1.82, 2.24) is 9.80 Å². The van der Waals surface area contributed by atoms with Gasteiger partial charge in [0.25, 0.3) is 0 Å². The fraction of sp³-hybridized carbons (Fsp3) is 1.00. The Labute approximate surface area is 100.0 Å². The largest absolute Gasteiger partial charge is 0.327 e. The number of nitrogens with two attached hydrogens (primary N) is 1. The van der Waals surface area contributed by atoms with Gasteiger partial charge in [0, 0.05) is 18.6 Å². The molecule has 0 aromatic rings. The first-order chi connectivity index (χ1) is 7.75. The molecule has 0 aromatic carbocycles. The SMILES string of the molecule is C[C@H](N)CN1CCC(N2CCCCC2)CC1. The summed E-state index contributed by atoms with van der Waals surface area (Å²) in [6.45, 7) is 8.38. The number of nitrogens with zero attached hydrogens (tertiary/aromatic N) is 2. The molecule has 2 fully saturated rings. The maximum absolute atomic E-state index is 5.85. The first kappa shape index (κ1) is 12.3. The summed E-state index contributed by atoms with van der Waals surface area (Å²) in [4.78, 5) is 5.26. The van der Waals surface area contributed by atoms with Crippen LogP contribution in [0.2, 0.25) is 0 Å². The van der Waals surface area contributed by atoms with E-state index in [-0.39, 0.29) is 0 Å². The van der Waals surface area contributed by atoms with Crippen LogP contribution in [-0.2, 0) is 0 Å². The Morgan fingerprint density at radius 1 is 1.06 bits per heavy atom. The lowest BCUT2D eigenvalue weighted by Crippen LogP contribution is -2.48. The molecular weight excluding hydrogens is 198 g/mol. The maximum Gasteiger partial charge on any atom is 0.0139 e. The Morgan fingerprint density at radius 3 is 2.25 bits per heavy atom. The van der Waals surface area contributed by atoms with Gasteiger partial charge >= 0.3 is 0 Å². The molecule has 1 atom stereocenters. The molecule has 16 heavy (non-hydrogen) atoms. The van der Waals surface area contributed by atoms with E-state index in [0.717, 1.165) is 12.6 Å². The van der Waals surface area contributed by atoms with Crippen LogP contribution in [-0.4, -0.2) is 54.6 Å². The molecule has 2 aliphatic rings. The Kier molecular flexibility index (Phi) is 4.62. The van der Waals surface area contributed by atoms with Crippen LogP contribution in [0.4, 0.5) is 0 Å². The molecule has 3 nitrogen and oxygen atoms in total. The van der Waals surface area contributed by atoms with Gasteiger partial charge in [-0.3, -0.25) is 0 Å². The van der Waals surface area contributed by atoms with Gasteiger partial charge in [0.05, 0.1) is 0 Å². The van der Waals surface area contributed by atoms with E-state index >= 15 is 0 Å². The monoisotopic (exact) mass is 225 g/mol. The molecule has 3 heteroatoms. The summed E-state index contributed by atoms with van der Waals surface area (Å²) in [5.41, 5.74) is 5.85. The van der Waals surface area contributed by atoms with E-state index in [1.165, 1.54) is 58.3 Å². The zero-order valence-electron chi connectivity index (χ0n) is 10.7. The van der Waals surface area contributed by atoms with Gasteiger partial charge in [0.2, 0.25) is 0 Å². The summed E-state index contributed by atoms with van der Waals surface area (Å²) in [6, 6.07) is 1.19. The van der Waals surface area contributed by atoms with Gasteiger partial charge in [-0.2, -0.15) is 0 Å². The second kappa shape index (κ2) is 5.99. The van der Waals surface area contributed by atoms with Crippen molar-refractivity contribution in [2.24, 2.45) is 5.73 Å². The highest BCUT2D eigenvalue weighted by molar-refractivity contribution is 4.82. The van der Waals surface area contributed by atoms with E-state index in [1.807, 2.05) is 0 Å². The van der Waals surface area contributed by atoms with Crippen molar-refractivity contribution in [1.29, 1.82) is 0 Å². The predicted molar refractivity (Wildman–Crippen MR) is 68.5 cm³/mol. The molecule has 2 N–H and O–H groups in total. The van der Waals surface area contributed by atoms with E-state index in [4.69, 9.17) is 5.73 Å². The Hall–Kier alpha value is -0.120. The molecule has 2 rings (SSSR count). The van der Waals surface area contributed by atoms with E-state index in [2.05, 4.69) is 16.7 Å². The van der Waals surface area contributed by atoms with Gasteiger partial charge in [0.15, 0.2) is 0 Å². The minimum atomic E-state index is 0.325. The number of piperidine rings is 2. The molecule has 0 saturated carbocycles. The lowest BCUT2D eigenvalue weighted by atomic mass is 10.00. The van der Waals surface area contributed by atoms with Crippen LogP contribution in [0.5, 0.6) is 0 Å². The second-order valence-electron chi connectivity index (χ2n) is 5.61. The third-order valence-corrected chi connectivity index (χ3v) is 4.01. The van der Waals surface area contributed by atoms with Crippen LogP contribution < -0.4 is 5.73 Å². The topological polar surface area (TPSA) is 32.5 Å². The van der Waals surface area contributed by atoms with Crippen molar-refractivity contribution >= 4 is 0 Å². The van der Waals surface area contributed by atoms with Gasteiger partial charge in [-0.05, 0) is 58.8 Å². The number of hydrogen-bond donors (Lipinski definition) is 1. The van der Waals surface area contributed by atoms with Crippen molar-refractivity contribution in [2.75, 3.05) is 32.7 Å². The molecule has 0 radical (unpaired) electrons. The smallest absolute Gasteiger partial charge is 0.0139 e. The van der Waals surface area contributed by atoms with Gasteiger partial charge < -0.3 is 15.5 Å². The number of likely N-dealkylation sites (tertiary alicyclic amines) is 2. The second-order valence-corrected chi connectivity index (χ2v) is 5.61. The summed E-state index contributed by atoms with van der Waals surface area (Å²) >= 11 is 0. The lowest BCUT2D eigenvalue weighted by Gasteiger charge is -2.40. The van der Waals surface area contributed by atoms with E-state index in [0.29, 0.717) is 6.04 Å².